The number of hydrogen-bond acceptors (Lipinski definition) is 8. The number of carbonyl (C=O) groups is 2. The number of carboxylic acids is 1. The molecule has 0 bridgehead atoms. The first-order chi connectivity index (χ1) is 17.4. The number of nitrogens with one attached hydrogen (secondary N) is 2. The molecule has 0 aliphatic heterocycles. The molecule has 1 fully saturated rings. The fourth-order valence-corrected chi connectivity index (χ4v) is 5.25. The van der Waals surface area contributed by atoms with Gasteiger partial charge < -0.3 is 20.8 Å². The van der Waals surface area contributed by atoms with E-state index in [0.29, 0.717) is 36.4 Å². The highest BCUT2D eigenvalue weighted by Gasteiger charge is 2.39. The van der Waals surface area contributed by atoms with E-state index >= 15 is 0 Å². The third-order valence-corrected chi connectivity index (χ3v) is 7.30. The standard InChI is InChI=1S/C24H24F3N5O4S/c1-13-8-15(10-16(9-13)31-22-28-7-4-18(32-22)24(25,26)27)17-11-30-21(37-17)23(36)5-2-14(3-6-23)20(35)29-12-19(33)34/h4,7-11,14,36H,2-3,5-6,12H2,1H3,(H,29,35)(H,33,34)(H,28,31,32). The van der Waals surface area contributed by atoms with Crippen LogP contribution in [0.15, 0.2) is 36.7 Å². The Labute approximate surface area is 213 Å². The average molecular weight is 536 g/mol. The van der Waals surface area contributed by atoms with E-state index in [0.717, 1.165) is 28.3 Å². The molecule has 4 N–H and O–H groups in total. The number of aliphatic carboxylic acids is 1. The van der Waals surface area contributed by atoms with Crippen molar-refractivity contribution in [3.05, 3.63) is 52.9 Å². The summed E-state index contributed by atoms with van der Waals surface area (Å²) in [5.41, 5.74) is -0.163. The number of thiazole rings is 1. The van der Waals surface area contributed by atoms with Gasteiger partial charge in [0.1, 0.15) is 22.8 Å². The number of benzene rings is 1. The van der Waals surface area contributed by atoms with Crippen molar-refractivity contribution in [2.75, 3.05) is 11.9 Å². The maximum atomic E-state index is 13.0. The molecular formula is C24H24F3N5O4S. The van der Waals surface area contributed by atoms with Gasteiger partial charge in [0.2, 0.25) is 11.9 Å². The molecule has 2 heterocycles. The quantitative estimate of drug-likeness (QED) is 0.352. The van der Waals surface area contributed by atoms with Crippen molar-refractivity contribution >= 4 is 34.8 Å². The van der Waals surface area contributed by atoms with Gasteiger partial charge in [-0.25, -0.2) is 15.0 Å². The van der Waals surface area contributed by atoms with Crippen molar-refractivity contribution in [2.24, 2.45) is 5.92 Å². The highest BCUT2D eigenvalue weighted by atomic mass is 32.1. The Hall–Kier alpha value is -3.58. The monoisotopic (exact) mass is 535 g/mol. The molecule has 0 unspecified atom stereocenters. The van der Waals surface area contributed by atoms with Crippen LogP contribution in [0.5, 0.6) is 0 Å². The van der Waals surface area contributed by atoms with Crippen LogP contribution < -0.4 is 10.6 Å². The zero-order chi connectivity index (χ0) is 26.8. The lowest BCUT2D eigenvalue weighted by Gasteiger charge is -2.33. The van der Waals surface area contributed by atoms with Crippen molar-refractivity contribution in [1.29, 1.82) is 0 Å². The number of nitrogens with zero attached hydrogens (tertiary/aromatic N) is 3. The zero-order valence-electron chi connectivity index (χ0n) is 19.7. The van der Waals surface area contributed by atoms with E-state index in [2.05, 4.69) is 25.6 Å². The minimum Gasteiger partial charge on any atom is -0.480 e. The Kier molecular flexibility index (Phi) is 7.46. The molecule has 3 aromatic rings. The Morgan fingerprint density at radius 3 is 2.59 bits per heavy atom. The van der Waals surface area contributed by atoms with Gasteiger partial charge in [-0.15, -0.1) is 11.3 Å². The molecule has 196 valence electrons. The van der Waals surface area contributed by atoms with Gasteiger partial charge in [-0.05, 0) is 61.9 Å². The van der Waals surface area contributed by atoms with Gasteiger partial charge in [0.25, 0.3) is 0 Å². The lowest BCUT2D eigenvalue weighted by atomic mass is 9.78. The molecule has 13 heteroatoms. The maximum Gasteiger partial charge on any atom is 0.433 e. The topological polar surface area (TPSA) is 137 Å². The van der Waals surface area contributed by atoms with E-state index in [-0.39, 0.29) is 17.8 Å². The van der Waals surface area contributed by atoms with Crippen LogP contribution in [0.1, 0.15) is 41.9 Å². The number of carboxylic acid groups (broad SMARTS) is 1. The number of rotatable bonds is 7. The molecule has 37 heavy (non-hydrogen) atoms. The SMILES string of the molecule is Cc1cc(Nc2nccc(C(F)(F)F)n2)cc(-c2cnc(C3(O)CCC(C(=O)NCC(=O)O)CC3)s2)c1. The maximum absolute atomic E-state index is 13.0. The highest BCUT2D eigenvalue weighted by molar-refractivity contribution is 7.15. The summed E-state index contributed by atoms with van der Waals surface area (Å²) in [6.45, 7) is 1.40. The number of aromatic nitrogens is 3. The average Bonchev–Trinajstić information content (AvgIpc) is 3.34. The molecule has 9 nitrogen and oxygen atoms in total. The first-order valence-electron chi connectivity index (χ1n) is 11.4. The normalized spacial score (nSPS) is 19.9. The van der Waals surface area contributed by atoms with Crippen molar-refractivity contribution in [2.45, 2.75) is 44.4 Å². The van der Waals surface area contributed by atoms with Crippen LogP contribution in [0, 0.1) is 12.8 Å². The first kappa shape index (κ1) is 26.5. The number of aryl methyl sites for hydroxylation is 1. The molecule has 0 spiro atoms. The van der Waals surface area contributed by atoms with Crippen LogP contribution in [0.3, 0.4) is 0 Å². The van der Waals surface area contributed by atoms with E-state index < -0.39 is 30.0 Å². The van der Waals surface area contributed by atoms with Gasteiger partial charge in [-0.1, -0.05) is 6.07 Å². The number of carbonyl (C=O) groups excluding carboxylic acids is 1. The predicted octanol–water partition coefficient (Wildman–Crippen LogP) is 4.25. The Bertz CT molecular complexity index is 1310. The number of alkyl halides is 3. The highest BCUT2D eigenvalue weighted by Crippen LogP contribution is 2.43. The van der Waals surface area contributed by atoms with Crippen LogP contribution in [0.25, 0.3) is 10.4 Å². The Balaban J connectivity index is 1.47. The van der Waals surface area contributed by atoms with Crippen LogP contribution in [0.4, 0.5) is 24.8 Å². The second-order valence-corrected chi connectivity index (χ2v) is 9.95. The third-order valence-electron chi connectivity index (χ3n) is 6.07. The molecule has 1 aliphatic carbocycles. The van der Waals surface area contributed by atoms with Gasteiger partial charge in [-0.3, -0.25) is 9.59 Å². The van der Waals surface area contributed by atoms with Crippen molar-refractivity contribution in [1.82, 2.24) is 20.3 Å². The summed E-state index contributed by atoms with van der Waals surface area (Å²) in [5, 5.41) is 25.6. The zero-order valence-corrected chi connectivity index (χ0v) is 20.5. The van der Waals surface area contributed by atoms with Gasteiger partial charge in [-0.2, -0.15) is 13.2 Å². The number of hydrogen-bond donors (Lipinski definition) is 4. The number of aliphatic hydroxyl groups is 1. The second-order valence-electron chi connectivity index (χ2n) is 8.92. The predicted molar refractivity (Wildman–Crippen MR) is 129 cm³/mol. The van der Waals surface area contributed by atoms with Crippen LogP contribution in [-0.2, 0) is 21.4 Å². The summed E-state index contributed by atoms with van der Waals surface area (Å²) in [5.74, 6) is -2.01. The summed E-state index contributed by atoms with van der Waals surface area (Å²) >= 11 is 1.30. The Morgan fingerprint density at radius 1 is 1.19 bits per heavy atom. The molecule has 1 saturated carbocycles. The summed E-state index contributed by atoms with van der Waals surface area (Å²) in [7, 11) is 0. The van der Waals surface area contributed by atoms with Crippen molar-refractivity contribution < 1.29 is 33.0 Å². The third kappa shape index (κ3) is 6.41. The molecule has 4 rings (SSSR count). The van der Waals surface area contributed by atoms with Crippen molar-refractivity contribution in [3.8, 4) is 10.4 Å². The first-order valence-corrected chi connectivity index (χ1v) is 12.2. The van der Waals surface area contributed by atoms with Gasteiger partial charge in [0.15, 0.2) is 0 Å². The molecular weight excluding hydrogens is 511 g/mol. The summed E-state index contributed by atoms with van der Waals surface area (Å²) < 4.78 is 38.9. The molecule has 0 saturated heterocycles. The summed E-state index contributed by atoms with van der Waals surface area (Å²) in [6.07, 6.45) is -0.522. The van der Waals surface area contributed by atoms with E-state index in [1.54, 1.807) is 18.3 Å². The van der Waals surface area contributed by atoms with Crippen LogP contribution in [0.2, 0.25) is 0 Å². The minimum absolute atomic E-state index is 0.185. The largest absolute Gasteiger partial charge is 0.480 e. The van der Waals surface area contributed by atoms with Crippen LogP contribution >= 0.6 is 11.3 Å². The number of anilines is 2. The molecule has 1 aromatic carbocycles. The second kappa shape index (κ2) is 10.4. The smallest absolute Gasteiger partial charge is 0.433 e. The fourth-order valence-electron chi connectivity index (χ4n) is 4.20. The summed E-state index contributed by atoms with van der Waals surface area (Å²) in [4.78, 5) is 35.4. The van der Waals surface area contributed by atoms with E-state index in [4.69, 9.17) is 5.11 Å². The lowest BCUT2D eigenvalue weighted by molar-refractivity contribution is -0.141. The van der Waals surface area contributed by atoms with Gasteiger partial charge >= 0.3 is 12.1 Å². The Morgan fingerprint density at radius 2 is 1.92 bits per heavy atom. The molecule has 0 radical (unpaired) electrons. The molecule has 1 aliphatic rings. The molecule has 1 amide bonds. The van der Waals surface area contributed by atoms with Crippen LogP contribution in [-0.4, -0.2) is 43.6 Å². The van der Waals surface area contributed by atoms with E-state index in [1.165, 1.54) is 11.3 Å². The van der Waals surface area contributed by atoms with Gasteiger partial charge in [0.05, 0.1) is 4.88 Å². The minimum atomic E-state index is -4.59. The molecule has 2 aromatic heterocycles. The molecule has 0 atom stereocenters. The van der Waals surface area contributed by atoms with Gasteiger partial charge in [0, 0.05) is 24.0 Å². The van der Waals surface area contributed by atoms with Crippen molar-refractivity contribution in [3.63, 3.8) is 0 Å². The number of amides is 1. The fraction of sp³-hybridized carbons (Fsp3) is 0.375. The lowest BCUT2D eigenvalue weighted by Crippen LogP contribution is -2.39. The number of halogens is 3. The van der Waals surface area contributed by atoms with E-state index in [9.17, 15) is 27.9 Å². The summed E-state index contributed by atoms with van der Waals surface area (Å²) in [6, 6.07) is 6.18. The van der Waals surface area contributed by atoms with E-state index in [1.807, 2.05) is 13.0 Å².